The molecule has 3 rings (SSSR count). The molecule has 182 valence electrons. The van der Waals surface area contributed by atoms with Crippen molar-refractivity contribution in [2.24, 2.45) is 0 Å². The molecule has 0 amide bonds. The van der Waals surface area contributed by atoms with Gasteiger partial charge in [-0.05, 0) is 24.6 Å². The first-order chi connectivity index (χ1) is 15.1. The van der Waals surface area contributed by atoms with Crippen LogP contribution in [0.1, 0.15) is 5.56 Å². The Hall–Kier alpha value is -2.64. The van der Waals surface area contributed by atoms with E-state index in [2.05, 4.69) is 8.37 Å². The summed E-state index contributed by atoms with van der Waals surface area (Å²) in [5.41, 5.74) is -0.102. The summed E-state index contributed by atoms with van der Waals surface area (Å²) in [7, 11) is -10.7. The quantitative estimate of drug-likeness (QED) is 0.258. The Morgan fingerprint density at radius 2 is 1.64 bits per heavy atom. The van der Waals surface area contributed by atoms with Crippen molar-refractivity contribution in [1.82, 2.24) is 0 Å². The molecule has 1 fully saturated rings. The smallest absolute Gasteiger partial charge is 0.397 e. The van der Waals surface area contributed by atoms with E-state index in [0.717, 1.165) is 0 Å². The zero-order valence-electron chi connectivity index (χ0n) is 16.3. The molecule has 0 unspecified atom stereocenters. The summed E-state index contributed by atoms with van der Waals surface area (Å²) in [6, 6.07) is 5.14. The number of ether oxygens (including phenoxy) is 2. The van der Waals surface area contributed by atoms with Gasteiger partial charge in [-0.25, -0.2) is 18.0 Å². The second kappa shape index (κ2) is 8.95. The normalized spacial score (nSPS) is 26.2. The lowest BCUT2D eigenvalue weighted by Gasteiger charge is -2.40. The average Bonchev–Trinajstić information content (AvgIpc) is 2.64. The maximum Gasteiger partial charge on any atom is 0.397 e. The van der Waals surface area contributed by atoms with Crippen LogP contribution < -0.4 is 10.4 Å². The molecule has 15 nitrogen and oxygen atoms in total. The van der Waals surface area contributed by atoms with Crippen LogP contribution >= 0.6 is 0 Å². The number of benzene rings is 1. The number of aliphatic hydroxyl groups excluding tert-OH is 1. The van der Waals surface area contributed by atoms with E-state index in [0.29, 0.717) is 10.9 Å². The molecular weight excluding hydrogens is 496 g/mol. The fourth-order valence-corrected chi connectivity index (χ4v) is 4.10. The molecule has 33 heavy (non-hydrogen) atoms. The Bertz CT molecular complexity index is 1330. The molecule has 2 heterocycles. The summed E-state index contributed by atoms with van der Waals surface area (Å²) in [6.45, 7) is 1.63. The zero-order valence-corrected chi connectivity index (χ0v) is 17.9. The monoisotopic (exact) mass is 512 g/mol. The molecule has 0 saturated carbocycles. The number of aryl methyl sites for hydroxylation is 1. The van der Waals surface area contributed by atoms with Crippen molar-refractivity contribution in [2.45, 2.75) is 37.6 Å². The Labute approximate surface area is 185 Å². The van der Waals surface area contributed by atoms with Gasteiger partial charge in [0.25, 0.3) is 0 Å². The lowest BCUT2D eigenvalue weighted by molar-refractivity contribution is -0.261. The lowest BCUT2D eigenvalue weighted by Crippen LogP contribution is -2.63. The average molecular weight is 512 g/mol. The number of carboxylic acid groups (broad SMARTS) is 1. The summed E-state index contributed by atoms with van der Waals surface area (Å²) in [5.74, 6) is -2.07. The highest BCUT2D eigenvalue weighted by molar-refractivity contribution is 7.81. The van der Waals surface area contributed by atoms with Crippen molar-refractivity contribution in [2.75, 3.05) is 0 Å². The molecular formula is C16H16O15S2. The van der Waals surface area contributed by atoms with E-state index in [1.807, 2.05) is 0 Å². The van der Waals surface area contributed by atoms with Crippen molar-refractivity contribution >= 4 is 37.7 Å². The molecule has 5 atom stereocenters. The third-order valence-electron chi connectivity index (χ3n) is 4.40. The van der Waals surface area contributed by atoms with Gasteiger partial charge >= 0.3 is 32.4 Å². The van der Waals surface area contributed by atoms with Crippen LogP contribution in [0, 0.1) is 6.92 Å². The number of rotatable bonds is 7. The van der Waals surface area contributed by atoms with Crippen LogP contribution in [0.3, 0.4) is 0 Å². The number of hydrogen-bond acceptors (Lipinski definition) is 12. The van der Waals surface area contributed by atoms with Gasteiger partial charge < -0.3 is 24.1 Å². The largest absolute Gasteiger partial charge is 0.479 e. The lowest BCUT2D eigenvalue weighted by atomic mass is 9.99. The number of carbonyl (C=O) groups is 1. The van der Waals surface area contributed by atoms with Gasteiger partial charge in [0.15, 0.2) is 12.2 Å². The van der Waals surface area contributed by atoms with Crippen LogP contribution in [-0.2, 0) is 38.7 Å². The third-order valence-corrected chi connectivity index (χ3v) is 5.34. The number of aliphatic carboxylic acids is 1. The van der Waals surface area contributed by atoms with Crippen LogP contribution in [0.5, 0.6) is 5.75 Å². The first-order valence-electron chi connectivity index (χ1n) is 8.73. The molecule has 2 aromatic rings. The first kappa shape index (κ1) is 25.0. The summed E-state index contributed by atoms with van der Waals surface area (Å²) in [5, 5.41) is 20.2. The molecule has 1 aliphatic rings. The van der Waals surface area contributed by atoms with Gasteiger partial charge in [-0.1, -0.05) is 0 Å². The molecule has 0 bridgehead atoms. The number of aliphatic hydroxyl groups is 1. The summed E-state index contributed by atoms with van der Waals surface area (Å²) in [6.07, 6.45) is -11.5. The number of hydrogen-bond donors (Lipinski definition) is 4. The van der Waals surface area contributed by atoms with E-state index in [-0.39, 0.29) is 11.3 Å². The van der Waals surface area contributed by atoms with Gasteiger partial charge in [0.05, 0.1) is 0 Å². The summed E-state index contributed by atoms with van der Waals surface area (Å²) in [4.78, 5) is 23.1. The highest BCUT2D eigenvalue weighted by Gasteiger charge is 2.54. The molecule has 1 aliphatic heterocycles. The molecule has 0 aliphatic carbocycles. The second-order valence-corrected chi connectivity index (χ2v) is 8.85. The molecule has 4 N–H and O–H groups in total. The fraction of sp³-hybridized carbons (Fsp3) is 0.375. The van der Waals surface area contributed by atoms with Crippen molar-refractivity contribution in [3.63, 3.8) is 0 Å². The Kier molecular flexibility index (Phi) is 6.78. The molecule has 1 saturated heterocycles. The van der Waals surface area contributed by atoms with Gasteiger partial charge in [0.1, 0.15) is 23.5 Å². The van der Waals surface area contributed by atoms with Crippen LogP contribution in [0.25, 0.3) is 11.0 Å². The van der Waals surface area contributed by atoms with Crippen LogP contribution in [0.15, 0.2) is 33.5 Å². The molecule has 17 heteroatoms. The van der Waals surface area contributed by atoms with E-state index in [4.69, 9.17) is 23.0 Å². The Morgan fingerprint density at radius 1 is 1.03 bits per heavy atom. The van der Waals surface area contributed by atoms with Gasteiger partial charge in [0, 0.05) is 17.5 Å². The number of fused-ring (bicyclic) bond motifs is 1. The summed E-state index contributed by atoms with van der Waals surface area (Å²) < 4.78 is 86.3. The van der Waals surface area contributed by atoms with Crippen molar-refractivity contribution in [1.29, 1.82) is 0 Å². The van der Waals surface area contributed by atoms with Crippen molar-refractivity contribution < 1.29 is 63.2 Å². The van der Waals surface area contributed by atoms with E-state index >= 15 is 0 Å². The van der Waals surface area contributed by atoms with Crippen molar-refractivity contribution in [3.05, 3.63) is 40.2 Å². The minimum atomic E-state index is -5.35. The molecule has 0 spiro atoms. The Balaban J connectivity index is 2.01. The SMILES string of the molecule is Cc1cc(=O)oc2cc(O[C@@H]3O[C@@H](C(=O)O)[C@@H](OS(=O)(=O)O)[C@H](O)[C@H]3OS(=O)(=O)O)ccc12. The summed E-state index contributed by atoms with van der Waals surface area (Å²) >= 11 is 0. The maximum absolute atomic E-state index is 11.6. The second-order valence-electron chi connectivity index (χ2n) is 6.76. The Morgan fingerprint density at radius 3 is 2.21 bits per heavy atom. The fourth-order valence-electron chi connectivity index (χ4n) is 3.12. The van der Waals surface area contributed by atoms with Gasteiger partial charge in [0.2, 0.25) is 6.29 Å². The molecule has 1 aromatic heterocycles. The van der Waals surface area contributed by atoms with E-state index in [9.17, 15) is 36.6 Å². The standard InChI is InChI=1S/C16H16O15S2/c1-6-4-10(17)28-9-5-7(2-3-8(6)9)27-16-13(31-33(24,25)26)11(18)12(30-32(21,22)23)14(29-16)15(19)20/h2-5,11-14,16,18H,1H3,(H,19,20)(H,21,22,23)(H,24,25,26)/t11-,12-,13+,14+,16+/m0/s1. The van der Waals surface area contributed by atoms with Gasteiger partial charge in [-0.15, -0.1) is 0 Å². The highest BCUT2D eigenvalue weighted by atomic mass is 32.3. The van der Waals surface area contributed by atoms with Gasteiger partial charge in [-0.2, -0.15) is 16.8 Å². The molecule has 1 aromatic carbocycles. The van der Waals surface area contributed by atoms with E-state index in [1.54, 1.807) is 6.92 Å². The van der Waals surface area contributed by atoms with Gasteiger partial charge in [-0.3, -0.25) is 9.11 Å². The van der Waals surface area contributed by atoms with Crippen molar-refractivity contribution in [3.8, 4) is 5.75 Å². The predicted molar refractivity (Wildman–Crippen MR) is 103 cm³/mol. The predicted octanol–water partition coefficient (Wildman–Crippen LogP) is -0.973. The van der Waals surface area contributed by atoms with Crippen LogP contribution in [-0.4, -0.2) is 72.8 Å². The first-order valence-corrected chi connectivity index (χ1v) is 11.5. The highest BCUT2D eigenvalue weighted by Crippen LogP contribution is 2.31. The van der Waals surface area contributed by atoms with Crippen LogP contribution in [0.2, 0.25) is 0 Å². The third kappa shape index (κ3) is 6.03. The van der Waals surface area contributed by atoms with Crippen LogP contribution in [0.4, 0.5) is 0 Å². The van der Waals surface area contributed by atoms with E-state index < -0.39 is 63.1 Å². The minimum absolute atomic E-state index is 0.0310. The maximum atomic E-state index is 11.6. The topological polar surface area (TPSA) is 233 Å². The van der Waals surface area contributed by atoms with E-state index in [1.165, 1.54) is 24.3 Å². The zero-order chi connectivity index (χ0) is 24.7. The number of carboxylic acids is 1. The minimum Gasteiger partial charge on any atom is -0.479 e. The molecule has 0 radical (unpaired) electrons.